The number of phenolic OH excluding ortho intramolecular Hbond substituents is 1. The van der Waals surface area contributed by atoms with Crippen molar-refractivity contribution in [3.63, 3.8) is 0 Å². The van der Waals surface area contributed by atoms with Gasteiger partial charge >= 0.3 is 25.1 Å². The Labute approximate surface area is 490 Å². The van der Waals surface area contributed by atoms with Gasteiger partial charge in [-0.3, -0.25) is 0 Å². The highest BCUT2D eigenvalue weighted by molar-refractivity contribution is 14.1. The molecule has 2 unspecified atom stereocenters. The molecule has 6 aromatic carbocycles. The first-order valence-electron chi connectivity index (χ1n) is 24.8. The number of halogens is 13. The lowest BCUT2D eigenvalue weighted by atomic mass is 9.78. The first kappa shape index (κ1) is 70.9. The molecular weight excluding hydrogens is 1250 g/mol. The maximum Gasteiger partial charge on any atom is 0.461 e. The minimum atomic E-state index is -4.92. The summed E-state index contributed by atoms with van der Waals surface area (Å²) in [6, 6.07) is 29.2. The zero-order valence-corrected chi connectivity index (χ0v) is 49.4. The quantitative estimate of drug-likeness (QED) is 0.0399. The van der Waals surface area contributed by atoms with Crippen molar-refractivity contribution >= 4 is 44.6 Å². The lowest BCUT2D eigenvalue weighted by Crippen LogP contribution is -2.50. The molecule has 0 amide bonds. The molecular formula is C59H67F12IN2O6S2. The van der Waals surface area contributed by atoms with Gasteiger partial charge in [0.15, 0.2) is 23.1 Å². The van der Waals surface area contributed by atoms with Crippen LogP contribution in [-0.2, 0) is 45.9 Å². The molecule has 0 heterocycles. The molecule has 82 heavy (non-hydrogen) atoms. The van der Waals surface area contributed by atoms with Gasteiger partial charge in [-0.1, -0.05) is 117 Å². The number of aromatic hydroxyl groups is 1. The van der Waals surface area contributed by atoms with Crippen LogP contribution in [0, 0.1) is 23.3 Å². The van der Waals surface area contributed by atoms with Crippen molar-refractivity contribution in [3.05, 3.63) is 190 Å². The molecule has 3 N–H and O–H groups in total. The van der Waals surface area contributed by atoms with Crippen molar-refractivity contribution in [3.8, 4) is 23.0 Å². The van der Waals surface area contributed by atoms with Crippen LogP contribution in [0.5, 0.6) is 23.0 Å². The third-order valence-corrected chi connectivity index (χ3v) is 14.5. The van der Waals surface area contributed by atoms with Crippen molar-refractivity contribution in [1.29, 1.82) is 0 Å². The zero-order chi connectivity index (χ0) is 61.1. The van der Waals surface area contributed by atoms with Gasteiger partial charge in [0.2, 0.25) is 0 Å². The molecule has 0 fully saturated rings. The van der Waals surface area contributed by atoms with Crippen LogP contribution in [-0.4, -0.2) is 58.1 Å². The maximum atomic E-state index is 15.3. The fraction of sp³-hybridized carbons (Fsp3) is 0.390. The normalized spacial score (nSPS) is 14.3. The van der Waals surface area contributed by atoms with Gasteiger partial charge in [-0.25, -0.2) is 35.4 Å². The van der Waals surface area contributed by atoms with E-state index >= 15 is 4.39 Å². The van der Waals surface area contributed by atoms with Crippen LogP contribution < -0.4 is 23.7 Å². The minimum Gasteiger partial charge on any atom is -0.505 e. The van der Waals surface area contributed by atoms with Gasteiger partial charge in [-0.2, -0.15) is 35.1 Å². The standard InChI is InChI=1S/C29H31F6NO3S.C26H25F6NO3S.C3H7I.CH4/c1-18(2)38-25-12-11-20(15-24(25)31)28(36-40(37)27(3,4)5,17-19-9-7-6-8-10-19)21-13-22(30)16-23(14-21)39-29(34,35)26(32)33;1-24(2,3)37(35)33-25(15-16-7-5-4-6-8-16,17-9-10-22(34)21(28)13-17)18-11-19(27)14-20(12-18)36-26(31,32)23(29)30;1-3(2)4;/h6-16,18,26,36H,17H2,1-5H3;4-14,23,33-34H,15H2,1-3H3;3H,1-2H3;1H4/t28?,40-;25?,37-;;/m11../s1. The van der Waals surface area contributed by atoms with E-state index in [1.165, 1.54) is 18.2 Å². The lowest BCUT2D eigenvalue weighted by molar-refractivity contribution is -0.253. The molecule has 0 aliphatic heterocycles. The molecule has 23 heteroatoms. The highest BCUT2D eigenvalue weighted by Gasteiger charge is 2.47. The number of hydrogen-bond acceptors (Lipinski definition) is 6. The molecule has 452 valence electrons. The fourth-order valence-corrected chi connectivity index (χ4v) is 9.36. The van der Waals surface area contributed by atoms with E-state index in [0.717, 1.165) is 46.4 Å². The van der Waals surface area contributed by atoms with Crippen LogP contribution >= 0.6 is 22.6 Å². The first-order valence-corrected chi connectivity index (χ1v) is 28.3. The van der Waals surface area contributed by atoms with Crippen LogP contribution in [0.15, 0.2) is 133 Å². The fourth-order valence-electron chi connectivity index (χ4n) is 7.50. The van der Waals surface area contributed by atoms with Crippen molar-refractivity contribution in [2.75, 3.05) is 0 Å². The van der Waals surface area contributed by atoms with E-state index in [1.807, 2.05) is 0 Å². The van der Waals surface area contributed by atoms with Crippen LogP contribution in [0.3, 0.4) is 0 Å². The first-order chi connectivity index (χ1) is 37.4. The number of benzene rings is 6. The molecule has 0 aliphatic carbocycles. The van der Waals surface area contributed by atoms with Crippen LogP contribution in [0.2, 0.25) is 0 Å². The average molecular weight is 1320 g/mol. The van der Waals surface area contributed by atoms with Crippen LogP contribution in [0.1, 0.15) is 110 Å². The summed E-state index contributed by atoms with van der Waals surface area (Å²) in [5.41, 5.74) is -2.29. The number of nitrogens with one attached hydrogen (secondary N) is 2. The zero-order valence-electron chi connectivity index (χ0n) is 45.6. The summed E-state index contributed by atoms with van der Waals surface area (Å²) in [7, 11) is -3.78. The Kier molecular flexibility index (Phi) is 25.4. The van der Waals surface area contributed by atoms with E-state index in [9.17, 15) is 61.8 Å². The van der Waals surface area contributed by atoms with Gasteiger partial charge in [-0.15, -0.1) is 0 Å². The van der Waals surface area contributed by atoms with E-state index in [1.54, 1.807) is 116 Å². The predicted molar refractivity (Wildman–Crippen MR) is 306 cm³/mol. The largest absolute Gasteiger partial charge is 0.505 e. The van der Waals surface area contributed by atoms with E-state index in [2.05, 4.69) is 55.4 Å². The summed E-state index contributed by atoms with van der Waals surface area (Å²) >= 11 is 2.34. The van der Waals surface area contributed by atoms with Crippen molar-refractivity contribution < 1.29 is 80.4 Å². The number of hydrogen-bond donors (Lipinski definition) is 3. The smallest absolute Gasteiger partial charge is 0.461 e. The molecule has 6 rings (SSSR count). The highest BCUT2D eigenvalue weighted by Crippen LogP contribution is 2.42. The second kappa shape index (κ2) is 29.4. The third kappa shape index (κ3) is 19.9. The van der Waals surface area contributed by atoms with Crippen molar-refractivity contribution in [2.24, 2.45) is 0 Å². The molecule has 0 saturated carbocycles. The Hall–Kier alpha value is -5.37. The Morgan fingerprint density at radius 3 is 1.20 bits per heavy atom. The van der Waals surface area contributed by atoms with Crippen LogP contribution in [0.4, 0.5) is 52.7 Å². The van der Waals surface area contributed by atoms with Crippen molar-refractivity contribution in [2.45, 2.75) is 145 Å². The number of alkyl halides is 9. The van der Waals surface area contributed by atoms with Gasteiger partial charge in [0.1, 0.15) is 23.1 Å². The Balaban J connectivity index is 0.000000400. The van der Waals surface area contributed by atoms with Gasteiger partial charge < -0.3 is 19.3 Å². The van der Waals surface area contributed by atoms with E-state index in [-0.39, 0.29) is 54.4 Å². The summed E-state index contributed by atoms with van der Waals surface area (Å²) in [6.45, 7) is 17.7. The molecule has 8 nitrogen and oxygen atoms in total. The monoisotopic (exact) mass is 1320 g/mol. The van der Waals surface area contributed by atoms with Gasteiger partial charge in [0.25, 0.3) is 0 Å². The summed E-state index contributed by atoms with van der Waals surface area (Å²) in [5.74, 6) is -6.57. The van der Waals surface area contributed by atoms with E-state index in [4.69, 9.17) is 4.74 Å². The van der Waals surface area contributed by atoms with E-state index < -0.39 is 108 Å². The lowest BCUT2D eigenvalue weighted by Gasteiger charge is -2.38. The molecule has 0 aliphatic rings. The minimum absolute atomic E-state index is 0. The molecule has 4 atom stereocenters. The van der Waals surface area contributed by atoms with Crippen LogP contribution in [0.25, 0.3) is 0 Å². The number of rotatable bonds is 20. The summed E-state index contributed by atoms with van der Waals surface area (Å²) in [6.07, 6.45) is -18.7. The average Bonchev–Trinajstić information content (AvgIpc) is 2.97. The van der Waals surface area contributed by atoms with Gasteiger partial charge in [0, 0.05) is 16.1 Å². The molecule has 0 aromatic heterocycles. The number of phenols is 1. The Morgan fingerprint density at radius 2 is 0.878 bits per heavy atom. The third-order valence-electron chi connectivity index (χ3n) is 11.2. The molecule has 0 radical (unpaired) electrons. The maximum absolute atomic E-state index is 15.3. The van der Waals surface area contributed by atoms with Crippen molar-refractivity contribution in [1.82, 2.24) is 9.44 Å². The second-order valence-corrected chi connectivity index (χ2v) is 27.3. The van der Waals surface area contributed by atoms with Gasteiger partial charge in [0.05, 0.1) is 48.6 Å². The molecule has 6 aromatic rings. The summed E-state index contributed by atoms with van der Waals surface area (Å²) in [5, 5.41) is 9.76. The SMILES string of the molecule is C.CC(C)(C)[S@@](=O)NC(Cc1ccccc1)(c1cc(F)cc(OC(F)(F)C(F)F)c1)c1ccc(O)c(F)c1.CC(C)I.CC(C)Oc1ccc(C(Cc2ccccc2)(N[S@](=O)C(C)(C)C)c2cc(F)cc(OC(F)(F)C(F)F)c2)cc1F. The summed E-state index contributed by atoms with van der Waals surface area (Å²) in [4.78, 5) is 0. The molecule has 0 bridgehead atoms. The number of ether oxygens (including phenoxy) is 3. The van der Waals surface area contributed by atoms with E-state index in [0.29, 0.717) is 23.3 Å². The molecule has 0 spiro atoms. The topological polar surface area (TPSA) is 106 Å². The second-order valence-electron chi connectivity index (χ2n) is 20.9. The summed E-state index contributed by atoms with van der Waals surface area (Å²) < 4.78 is 212. The highest BCUT2D eigenvalue weighted by atomic mass is 127. The Bertz CT molecular complexity index is 3060. The van der Waals surface area contributed by atoms with Gasteiger partial charge in [-0.05, 0) is 150 Å². The molecule has 0 saturated heterocycles. The predicted octanol–water partition coefficient (Wildman–Crippen LogP) is 16.4. The Morgan fingerprint density at radius 1 is 0.524 bits per heavy atom.